The van der Waals surface area contributed by atoms with E-state index in [-0.39, 0.29) is 68.0 Å². The number of nitrogens with two attached hydrogens (primary N) is 2. The van der Waals surface area contributed by atoms with E-state index in [1.807, 2.05) is 13.8 Å². The number of aliphatic imine (C=N–C) groups is 1. The summed E-state index contributed by atoms with van der Waals surface area (Å²) in [6.45, 7) is 10.6. The fourth-order valence-electron chi connectivity index (χ4n) is 7.38. The molecule has 1 aromatic carbocycles. The number of rotatable bonds is 28. The molecule has 1 aliphatic rings. The molecular weight excluding hydrogens is 915 g/mol. The number of thioether (sulfide) groups is 1. The first-order valence-corrected chi connectivity index (χ1v) is 24.2. The minimum absolute atomic E-state index is 0.0380. The fourth-order valence-corrected chi connectivity index (χ4v) is 8.54. The smallest absolute Gasteiger partial charge is 0.326 e. The average Bonchev–Trinajstić information content (AvgIpc) is 4.00. The summed E-state index contributed by atoms with van der Waals surface area (Å²) >= 11 is 1.29. The SMILES string of the molecule is CC[C@H](C)[C@@H](NC(=O)[C@H]1CSCN1C(=O)[C@@H](Cc1cnc[nH]1)NC(=O)[C@H](CC(C)C)NC(=O)[C@@H](Cc1ccc(O)cc1)NC(=O)[C@H](NC(=O)[C@@H](CCCN=C(N)N)NC(=O)CNC)C(C)C)C(=O)O. The monoisotopic (exact) mass is 986 g/mol. The van der Waals surface area contributed by atoms with Crippen LogP contribution in [-0.4, -0.2) is 152 Å². The number of H-pyrrole nitrogens is 1. The summed E-state index contributed by atoms with van der Waals surface area (Å²) in [5.74, 6) is -6.86. The third kappa shape index (κ3) is 18.5. The lowest BCUT2D eigenvalue weighted by Gasteiger charge is -2.31. The summed E-state index contributed by atoms with van der Waals surface area (Å²) in [6.07, 6.45) is 3.70. The normalized spacial score (nSPS) is 16.5. The zero-order chi connectivity index (χ0) is 51.4. The van der Waals surface area contributed by atoms with Gasteiger partial charge >= 0.3 is 5.97 Å². The number of likely N-dealkylation sites (N-methyl/N-ethyl adjacent to an activating group) is 1. The van der Waals surface area contributed by atoms with Crippen LogP contribution in [-0.2, 0) is 51.2 Å². The van der Waals surface area contributed by atoms with Gasteiger partial charge in [-0.2, -0.15) is 0 Å². The molecule has 7 amide bonds. The lowest BCUT2D eigenvalue weighted by molar-refractivity contribution is -0.145. The highest BCUT2D eigenvalue weighted by molar-refractivity contribution is 7.99. The molecule has 1 fully saturated rings. The number of carboxylic acids is 1. The summed E-state index contributed by atoms with van der Waals surface area (Å²) in [6, 6.07) is -2.44. The maximum atomic E-state index is 14.5. The summed E-state index contributed by atoms with van der Waals surface area (Å²) in [7, 11) is 1.57. The molecule has 0 spiro atoms. The second-order valence-electron chi connectivity index (χ2n) is 17.8. The summed E-state index contributed by atoms with van der Waals surface area (Å²) in [5.41, 5.74) is 11.9. The van der Waals surface area contributed by atoms with Crippen molar-refractivity contribution >= 4 is 65.0 Å². The minimum atomic E-state index is -1.35. The topological polar surface area (TPSA) is 358 Å². The number of phenols is 1. The molecule has 8 atom stereocenters. The molecule has 14 N–H and O–H groups in total. The third-order valence-corrected chi connectivity index (χ3v) is 12.4. The number of phenolic OH excluding ortho intramolecular Hbond substituents is 1. The predicted molar refractivity (Wildman–Crippen MR) is 259 cm³/mol. The van der Waals surface area contributed by atoms with Gasteiger partial charge in [0.15, 0.2) is 5.96 Å². The first-order chi connectivity index (χ1) is 32.6. The Bertz CT molecular complexity index is 2070. The van der Waals surface area contributed by atoms with Crippen molar-refractivity contribution < 1.29 is 48.6 Å². The molecule has 2 heterocycles. The molecule has 24 heteroatoms. The van der Waals surface area contributed by atoms with E-state index >= 15 is 0 Å². The van der Waals surface area contributed by atoms with Gasteiger partial charge in [0.1, 0.15) is 48.0 Å². The van der Waals surface area contributed by atoms with Crippen LogP contribution in [0.4, 0.5) is 0 Å². The predicted octanol–water partition coefficient (Wildman–Crippen LogP) is -1.18. The molecule has 1 saturated heterocycles. The highest BCUT2D eigenvalue weighted by Crippen LogP contribution is 2.24. The standard InChI is InChI=1S/C45H71N13O10S/c1-8-26(6)37(44(67)68)57-41(64)34-21-69-23-58(34)43(66)33(18-28-19-49-22-51-28)55-39(62)31(16-24(2)3)53-40(63)32(17-27-11-13-29(59)14-12-27)54-42(65)36(25(4)5)56-38(61)30(52-35(60)20-48-7)10-9-15-50-45(46)47/h11-14,19,22,24-26,30-34,36-37,48,59H,8-10,15-18,20-21,23H2,1-7H3,(H,49,51)(H,52,60)(H,53,63)(H,54,65)(H,55,62)(H,56,61)(H,57,64)(H,67,68)(H4,46,47,50)/t26-,30+,31-,32+,33+,34+,36+,37+/m0/s1. The van der Waals surface area contributed by atoms with Crippen molar-refractivity contribution in [1.29, 1.82) is 0 Å². The van der Waals surface area contributed by atoms with Crippen LogP contribution < -0.4 is 48.7 Å². The Morgan fingerprint density at radius 1 is 0.841 bits per heavy atom. The molecule has 382 valence electrons. The van der Waals surface area contributed by atoms with Crippen LogP contribution in [0, 0.1) is 17.8 Å². The molecule has 0 unspecified atom stereocenters. The van der Waals surface area contributed by atoms with Crippen molar-refractivity contribution in [2.75, 3.05) is 31.8 Å². The van der Waals surface area contributed by atoms with E-state index < -0.39 is 101 Å². The largest absolute Gasteiger partial charge is 0.508 e. The second-order valence-corrected chi connectivity index (χ2v) is 18.8. The molecule has 2 aromatic rings. The van der Waals surface area contributed by atoms with Gasteiger partial charge in [-0.1, -0.05) is 60.1 Å². The van der Waals surface area contributed by atoms with Gasteiger partial charge in [0, 0.05) is 37.0 Å². The number of nitrogens with one attached hydrogen (secondary N) is 8. The summed E-state index contributed by atoms with van der Waals surface area (Å²) in [5, 5.41) is 38.8. The highest BCUT2D eigenvalue weighted by atomic mass is 32.2. The van der Waals surface area contributed by atoms with E-state index in [1.165, 1.54) is 41.3 Å². The van der Waals surface area contributed by atoms with Crippen LogP contribution in [0.1, 0.15) is 78.5 Å². The molecule has 0 bridgehead atoms. The average molecular weight is 986 g/mol. The maximum Gasteiger partial charge on any atom is 0.326 e. The quantitative estimate of drug-likeness (QED) is 0.0271. The molecule has 1 aliphatic heterocycles. The molecule has 0 radical (unpaired) electrons. The van der Waals surface area contributed by atoms with Gasteiger partial charge in [-0.25, -0.2) is 9.78 Å². The number of aromatic nitrogens is 2. The van der Waals surface area contributed by atoms with Crippen LogP contribution in [0.5, 0.6) is 5.75 Å². The minimum Gasteiger partial charge on any atom is -0.508 e. The number of aliphatic carboxylic acids is 1. The number of benzene rings is 1. The Kier molecular flexibility index (Phi) is 23.2. The van der Waals surface area contributed by atoms with Crippen molar-refractivity contribution in [3.8, 4) is 5.75 Å². The molecular formula is C45H71N13O10S. The van der Waals surface area contributed by atoms with Crippen molar-refractivity contribution in [2.45, 2.75) is 122 Å². The van der Waals surface area contributed by atoms with Crippen LogP contribution in [0.15, 0.2) is 41.8 Å². The molecule has 69 heavy (non-hydrogen) atoms. The first kappa shape index (κ1) is 56.9. The van der Waals surface area contributed by atoms with Crippen LogP contribution in [0.2, 0.25) is 0 Å². The first-order valence-electron chi connectivity index (χ1n) is 23.0. The number of hydrogen-bond acceptors (Lipinski definition) is 13. The number of hydrogen-bond donors (Lipinski definition) is 12. The van der Waals surface area contributed by atoms with E-state index in [0.29, 0.717) is 24.1 Å². The molecule has 1 aromatic heterocycles. The Morgan fingerprint density at radius 3 is 2.06 bits per heavy atom. The van der Waals surface area contributed by atoms with E-state index in [0.717, 1.165) is 0 Å². The number of aromatic hydroxyl groups is 1. The van der Waals surface area contributed by atoms with E-state index in [1.54, 1.807) is 46.9 Å². The maximum absolute atomic E-state index is 14.5. The van der Waals surface area contributed by atoms with Gasteiger partial charge in [-0.3, -0.25) is 38.6 Å². The zero-order valence-electron chi connectivity index (χ0n) is 40.4. The van der Waals surface area contributed by atoms with Crippen LogP contribution in [0.3, 0.4) is 0 Å². The number of carboxylic acid groups (broad SMARTS) is 1. The number of guanidine groups is 1. The van der Waals surface area contributed by atoms with Gasteiger partial charge in [0.05, 0.1) is 18.7 Å². The highest BCUT2D eigenvalue weighted by Gasteiger charge is 2.41. The number of amides is 7. The number of carbonyl (C=O) groups is 8. The molecule has 3 rings (SSSR count). The van der Waals surface area contributed by atoms with Crippen molar-refractivity contribution in [1.82, 2.24) is 52.1 Å². The van der Waals surface area contributed by atoms with E-state index in [2.05, 4.69) is 52.2 Å². The molecule has 23 nitrogen and oxygen atoms in total. The Labute approximate surface area is 406 Å². The lowest BCUT2D eigenvalue weighted by Crippen LogP contribution is -2.61. The van der Waals surface area contributed by atoms with Gasteiger partial charge in [0.2, 0.25) is 41.4 Å². The van der Waals surface area contributed by atoms with Gasteiger partial charge in [-0.15, -0.1) is 11.8 Å². The van der Waals surface area contributed by atoms with E-state index in [4.69, 9.17) is 11.5 Å². The Balaban J connectivity index is 1.92. The lowest BCUT2D eigenvalue weighted by atomic mass is 9.98. The third-order valence-electron chi connectivity index (χ3n) is 11.4. The number of nitrogens with zero attached hydrogens (tertiary/aromatic N) is 3. The Hall–Kier alpha value is -6.43. The zero-order valence-corrected chi connectivity index (χ0v) is 41.2. The fraction of sp³-hybridized carbons (Fsp3) is 0.600. The Morgan fingerprint density at radius 2 is 1.48 bits per heavy atom. The van der Waals surface area contributed by atoms with Gasteiger partial charge < -0.3 is 68.8 Å². The van der Waals surface area contributed by atoms with Crippen molar-refractivity contribution in [3.63, 3.8) is 0 Å². The van der Waals surface area contributed by atoms with Crippen LogP contribution >= 0.6 is 11.8 Å². The number of imidazole rings is 1. The number of carbonyl (C=O) groups excluding carboxylic acids is 7. The summed E-state index contributed by atoms with van der Waals surface area (Å²) < 4.78 is 0. The molecule has 0 aliphatic carbocycles. The second kappa shape index (κ2) is 28.2. The molecule has 0 saturated carbocycles. The van der Waals surface area contributed by atoms with Gasteiger partial charge in [0.25, 0.3) is 0 Å². The van der Waals surface area contributed by atoms with Crippen molar-refractivity contribution in [3.05, 3.63) is 48.0 Å². The number of aromatic amines is 1. The summed E-state index contributed by atoms with van der Waals surface area (Å²) in [4.78, 5) is 122. The van der Waals surface area contributed by atoms with Gasteiger partial charge in [-0.05, 0) is 61.8 Å². The van der Waals surface area contributed by atoms with Crippen LogP contribution in [0.25, 0.3) is 0 Å². The van der Waals surface area contributed by atoms with Crippen molar-refractivity contribution in [2.24, 2.45) is 34.2 Å². The van der Waals surface area contributed by atoms with E-state index in [9.17, 15) is 48.6 Å².